The lowest BCUT2D eigenvalue weighted by Gasteiger charge is -2.37. The topological polar surface area (TPSA) is 70.4 Å². The molecule has 1 aliphatic heterocycles. The number of amides is 1. The van der Waals surface area contributed by atoms with Crippen molar-refractivity contribution < 1.29 is 4.79 Å². The number of hydrogen-bond acceptors (Lipinski definition) is 6. The van der Waals surface area contributed by atoms with Gasteiger partial charge in [-0.3, -0.25) is 14.4 Å². The van der Waals surface area contributed by atoms with Crippen molar-refractivity contribution in [2.75, 3.05) is 50.7 Å². The van der Waals surface area contributed by atoms with Crippen LogP contribution in [0.3, 0.4) is 0 Å². The molecule has 28 heavy (non-hydrogen) atoms. The second-order valence-electron chi connectivity index (χ2n) is 8.55. The van der Waals surface area contributed by atoms with Crippen molar-refractivity contribution in [2.45, 2.75) is 27.7 Å². The molecule has 0 saturated carbocycles. The highest BCUT2D eigenvalue weighted by molar-refractivity contribution is 5.86. The van der Waals surface area contributed by atoms with E-state index < -0.39 is 0 Å². The molecular weight excluding hydrogens is 354 g/mol. The number of anilines is 1. The molecule has 0 bridgehead atoms. The van der Waals surface area contributed by atoms with Gasteiger partial charge in [0.15, 0.2) is 5.65 Å². The van der Waals surface area contributed by atoms with E-state index >= 15 is 0 Å². The Morgan fingerprint density at radius 2 is 1.71 bits per heavy atom. The highest BCUT2D eigenvalue weighted by Gasteiger charge is 2.25. The van der Waals surface area contributed by atoms with Crippen LogP contribution in [0.2, 0.25) is 0 Å². The zero-order chi connectivity index (χ0) is 20.3. The smallest absolute Gasteiger partial charge is 0.236 e. The first-order valence-electron chi connectivity index (χ1n) is 10.2. The Labute approximate surface area is 167 Å². The molecule has 0 aromatic carbocycles. The van der Waals surface area contributed by atoms with Crippen molar-refractivity contribution in [3.05, 3.63) is 12.5 Å². The maximum atomic E-state index is 12.9. The van der Waals surface area contributed by atoms with Crippen molar-refractivity contribution in [3.8, 4) is 0 Å². The van der Waals surface area contributed by atoms with Crippen molar-refractivity contribution in [1.82, 2.24) is 29.5 Å². The molecule has 3 heterocycles. The minimum absolute atomic E-state index is 0.232. The summed E-state index contributed by atoms with van der Waals surface area (Å²) in [5.41, 5.74) is 0.835. The van der Waals surface area contributed by atoms with Crippen LogP contribution in [0.1, 0.15) is 27.7 Å². The third-order valence-corrected chi connectivity index (χ3v) is 5.05. The number of carbonyl (C=O) groups is 1. The van der Waals surface area contributed by atoms with Gasteiger partial charge >= 0.3 is 0 Å². The second-order valence-corrected chi connectivity index (χ2v) is 8.55. The lowest BCUT2D eigenvalue weighted by atomic mass is 10.1. The molecule has 1 saturated heterocycles. The lowest BCUT2D eigenvalue weighted by molar-refractivity contribution is -0.133. The molecule has 0 unspecified atom stereocenters. The van der Waals surface area contributed by atoms with E-state index in [1.54, 1.807) is 11.0 Å². The third kappa shape index (κ3) is 4.79. The molecule has 0 atom stereocenters. The summed E-state index contributed by atoms with van der Waals surface area (Å²) in [6.45, 7) is 14.3. The summed E-state index contributed by atoms with van der Waals surface area (Å²) >= 11 is 0. The van der Waals surface area contributed by atoms with E-state index in [-0.39, 0.29) is 5.91 Å². The molecule has 1 aliphatic rings. The Morgan fingerprint density at radius 3 is 2.32 bits per heavy atom. The first kappa shape index (κ1) is 20.5. The Bertz CT molecular complexity index is 783. The van der Waals surface area contributed by atoms with Gasteiger partial charge in [0.1, 0.15) is 12.1 Å². The normalized spacial score (nSPS) is 15.4. The first-order chi connectivity index (χ1) is 13.3. The maximum Gasteiger partial charge on any atom is 0.236 e. The van der Waals surface area contributed by atoms with Gasteiger partial charge in [0, 0.05) is 46.3 Å². The Hall–Kier alpha value is -2.22. The number of hydrogen-bond donors (Lipinski definition) is 0. The first-order valence-corrected chi connectivity index (χ1v) is 10.2. The SMILES string of the molecule is CC(C)CN(CC(=O)N1CCN(c2ncnc3c2cnn3C)CC1)CC(C)C. The van der Waals surface area contributed by atoms with Crippen LogP contribution in [-0.4, -0.2) is 81.3 Å². The fraction of sp³-hybridized carbons (Fsp3) is 0.700. The minimum Gasteiger partial charge on any atom is -0.352 e. The van der Waals surface area contributed by atoms with E-state index in [4.69, 9.17) is 0 Å². The van der Waals surface area contributed by atoms with Crippen molar-refractivity contribution in [3.63, 3.8) is 0 Å². The maximum absolute atomic E-state index is 12.9. The monoisotopic (exact) mass is 387 g/mol. The molecule has 1 amide bonds. The zero-order valence-corrected chi connectivity index (χ0v) is 17.8. The predicted octanol–water partition coefficient (Wildman–Crippen LogP) is 1.63. The summed E-state index contributed by atoms with van der Waals surface area (Å²) in [5.74, 6) is 2.26. The van der Waals surface area contributed by atoms with Crippen LogP contribution >= 0.6 is 0 Å². The van der Waals surface area contributed by atoms with Crippen LogP contribution in [-0.2, 0) is 11.8 Å². The molecule has 8 heteroatoms. The van der Waals surface area contributed by atoms with Gasteiger partial charge in [0.2, 0.25) is 5.91 Å². The largest absolute Gasteiger partial charge is 0.352 e. The van der Waals surface area contributed by atoms with Crippen molar-refractivity contribution >= 4 is 22.8 Å². The number of aryl methyl sites for hydroxylation is 1. The van der Waals surface area contributed by atoms with E-state index in [1.165, 1.54) is 0 Å². The van der Waals surface area contributed by atoms with Crippen LogP contribution in [0.15, 0.2) is 12.5 Å². The van der Waals surface area contributed by atoms with E-state index in [1.807, 2.05) is 18.1 Å². The summed E-state index contributed by atoms with van der Waals surface area (Å²) < 4.78 is 1.76. The van der Waals surface area contributed by atoms with Gasteiger partial charge in [0.25, 0.3) is 0 Å². The van der Waals surface area contributed by atoms with E-state index in [0.29, 0.717) is 18.4 Å². The van der Waals surface area contributed by atoms with Gasteiger partial charge in [-0.2, -0.15) is 5.10 Å². The van der Waals surface area contributed by atoms with Crippen LogP contribution in [0.5, 0.6) is 0 Å². The summed E-state index contributed by atoms with van der Waals surface area (Å²) in [7, 11) is 1.88. The van der Waals surface area contributed by atoms with Gasteiger partial charge in [-0.25, -0.2) is 9.97 Å². The number of nitrogens with zero attached hydrogens (tertiary/aromatic N) is 7. The molecule has 2 aromatic rings. The van der Waals surface area contributed by atoms with Gasteiger partial charge in [-0.05, 0) is 11.8 Å². The standard InChI is InChI=1S/C20H33N7O/c1-15(2)11-25(12-16(3)4)13-18(28)26-6-8-27(9-7-26)20-17-10-23-24(5)19(17)21-14-22-20/h10,14-16H,6-9,11-13H2,1-5H3. The van der Waals surface area contributed by atoms with E-state index in [9.17, 15) is 4.79 Å². The third-order valence-electron chi connectivity index (χ3n) is 5.05. The molecule has 3 rings (SSSR count). The van der Waals surface area contributed by atoms with Gasteiger partial charge < -0.3 is 9.80 Å². The number of rotatable bonds is 7. The quantitative estimate of drug-likeness (QED) is 0.719. The number of fused-ring (bicyclic) bond motifs is 1. The average molecular weight is 388 g/mol. The molecule has 2 aromatic heterocycles. The predicted molar refractivity (Wildman–Crippen MR) is 111 cm³/mol. The highest BCUT2D eigenvalue weighted by Crippen LogP contribution is 2.23. The number of aromatic nitrogens is 4. The lowest BCUT2D eigenvalue weighted by Crippen LogP contribution is -2.52. The fourth-order valence-corrected chi connectivity index (χ4v) is 3.90. The Kier molecular flexibility index (Phi) is 6.49. The van der Waals surface area contributed by atoms with E-state index in [2.05, 4.69) is 52.6 Å². The van der Waals surface area contributed by atoms with Crippen LogP contribution in [0.4, 0.5) is 5.82 Å². The fourth-order valence-electron chi connectivity index (χ4n) is 3.90. The molecule has 154 valence electrons. The summed E-state index contributed by atoms with van der Waals surface area (Å²) in [6, 6.07) is 0. The highest BCUT2D eigenvalue weighted by atomic mass is 16.2. The molecule has 0 N–H and O–H groups in total. The summed E-state index contributed by atoms with van der Waals surface area (Å²) in [4.78, 5) is 28.2. The molecule has 0 aliphatic carbocycles. The minimum atomic E-state index is 0.232. The number of carbonyl (C=O) groups excluding carboxylic acids is 1. The number of piperazine rings is 1. The van der Waals surface area contributed by atoms with Crippen LogP contribution in [0.25, 0.3) is 11.0 Å². The molecular formula is C20H33N7O. The summed E-state index contributed by atoms with van der Waals surface area (Å²) in [6.07, 6.45) is 3.41. The van der Waals surface area contributed by atoms with Crippen LogP contribution in [0, 0.1) is 11.8 Å². The van der Waals surface area contributed by atoms with Gasteiger partial charge in [-0.15, -0.1) is 0 Å². The van der Waals surface area contributed by atoms with Gasteiger partial charge in [0.05, 0.1) is 18.1 Å². The Balaban J connectivity index is 1.60. The summed E-state index contributed by atoms with van der Waals surface area (Å²) in [5, 5.41) is 5.25. The van der Waals surface area contributed by atoms with Crippen LogP contribution < -0.4 is 4.90 Å². The average Bonchev–Trinajstić information content (AvgIpc) is 3.02. The van der Waals surface area contributed by atoms with Crippen molar-refractivity contribution in [1.29, 1.82) is 0 Å². The molecule has 0 radical (unpaired) electrons. The molecule has 0 spiro atoms. The zero-order valence-electron chi connectivity index (χ0n) is 17.8. The van der Waals surface area contributed by atoms with Crippen molar-refractivity contribution in [2.24, 2.45) is 18.9 Å². The molecule has 8 nitrogen and oxygen atoms in total. The molecule has 1 fully saturated rings. The second kappa shape index (κ2) is 8.86. The van der Waals surface area contributed by atoms with Gasteiger partial charge in [-0.1, -0.05) is 27.7 Å². The Morgan fingerprint density at radius 1 is 1.07 bits per heavy atom. The van der Waals surface area contributed by atoms with E-state index in [0.717, 1.165) is 56.1 Å².